The molecule has 2 aromatic carbocycles. The molecule has 1 aliphatic rings. The minimum Gasteiger partial charge on any atom is -0.504 e. The molecule has 1 amide bonds. The number of rotatable bonds is 6. The van der Waals surface area contributed by atoms with Crippen LogP contribution in [0.5, 0.6) is 11.5 Å². The summed E-state index contributed by atoms with van der Waals surface area (Å²) in [6.07, 6.45) is 1.49. The summed E-state index contributed by atoms with van der Waals surface area (Å²) in [4.78, 5) is 12.0. The largest absolute Gasteiger partial charge is 0.504 e. The first-order valence-corrected chi connectivity index (χ1v) is 9.74. The Morgan fingerprint density at radius 1 is 1.26 bits per heavy atom. The molecule has 2 aromatic rings. The summed E-state index contributed by atoms with van der Waals surface area (Å²) >= 11 is 2.17. The van der Waals surface area contributed by atoms with Crippen molar-refractivity contribution in [1.29, 1.82) is 0 Å². The first-order valence-electron chi connectivity index (χ1n) is 8.66. The highest BCUT2D eigenvalue weighted by molar-refractivity contribution is 14.1. The van der Waals surface area contributed by atoms with E-state index in [9.17, 15) is 15.0 Å². The van der Waals surface area contributed by atoms with Crippen molar-refractivity contribution < 1.29 is 19.7 Å². The minimum atomic E-state index is -1.08. The summed E-state index contributed by atoms with van der Waals surface area (Å²) in [6.45, 7) is 3.01. The third-order valence-electron chi connectivity index (χ3n) is 4.15. The molecule has 1 aliphatic heterocycles. The van der Waals surface area contributed by atoms with Crippen LogP contribution < -0.4 is 15.4 Å². The van der Waals surface area contributed by atoms with Gasteiger partial charge in [-0.3, -0.25) is 4.79 Å². The van der Waals surface area contributed by atoms with Gasteiger partial charge in [0, 0.05) is 27.5 Å². The highest BCUT2D eigenvalue weighted by Gasteiger charge is 2.27. The van der Waals surface area contributed by atoms with Crippen LogP contribution >= 0.6 is 22.6 Å². The van der Waals surface area contributed by atoms with Gasteiger partial charge in [-0.25, -0.2) is 0 Å². The lowest BCUT2D eigenvalue weighted by atomic mass is 9.95. The van der Waals surface area contributed by atoms with Crippen LogP contribution in [0.3, 0.4) is 0 Å². The first kappa shape index (κ1) is 19.5. The molecule has 0 aromatic heterocycles. The number of carbonyl (C=O) groups excluding carboxylic acids is 1. The third kappa shape index (κ3) is 4.54. The van der Waals surface area contributed by atoms with Gasteiger partial charge in [0.15, 0.2) is 17.7 Å². The van der Waals surface area contributed by atoms with Gasteiger partial charge in [-0.15, -0.1) is 0 Å². The van der Waals surface area contributed by atoms with Crippen molar-refractivity contribution in [3.05, 3.63) is 62.9 Å². The molecule has 0 saturated heterocycles. The summed E-state index contributed by atoms with van der Waals surface area (Å²) in [6, 6.07) is 10.7. The van der Waals surface area contributed by atoms with Crippen molar-refractivity contribution in [2.45, 2.75) is 26.1 Å². The minimum absolute atomic E-state index is 0.0975. The highest BCUT2D eigenvalue weighted by Crippen LogP contribution is 2.28. The van der Waals surface area contributed by atoms with Crippen molar-refractivity contribution in [2.24, 2.45) is 0 Å². The van der Waals surface area contributed by atoms with E-state index >= 15 is 0 Å². The maximum atomic E-state index is 12.0. The van der Waals surface area contributed by atoms with Crippen molar-refractivity contribution in [2.75, 3.05) is 6.61 Å². The Morgan fingerprint density at radius 2 is 2.07 bits per heavy atom. The number of hydrogen-bond acceptors (Lipinski definition) is 5. The monoisotopic (exact) mass is 480 g/mol. The van der Waals surface area contributed by atoms with Gasteiger partial charge in [0.05, 0.1) is 6.61 Å². The predicted octanol–water partition coefficient (Wildman–Crippen LogP) is 2.98. The van der Waals surface area contributed by atoms with Crippen LogP contribution in [0, 0.1) is 3.57 Å². The summed E-state index contributed by atoms with van der Waals surface area (Å²) in [5.41, 5.74) is 2.70. The molecule has 4 N–H and O–H groups in total. The second kappa shape index (κ2) is 8.62. The molecule has 3 rings (SSSR count). The standard InChI is InChI=1S/C20H21IN2O4/c1-2-7-27-18-6-3-12(8-17(18)24)10-22-11-16-15-9-13(21)4-5-14(15)19(25)23-20(16)26/h3-6,8-9,11,20,22,24,26H,2,7,10H2,1H3,(H,23,25)/b16-11-. The quantitative estimate of drug-likeness (QED) is 0.478. The van der Waals surface area contributed by atoms with Gasteiger partial charge in [-0.05, 0) is 70.5 Å². The molecule has 1 atom stereocenters. The van der Waals surface area contributed by atoms with E-state index in [0.29, 0.717) is 35.6 Å². The summed E-state index contributed by atoms with van der Waals surface area (Å²) in [5, 5.41) is 26.0. The molecule has 0 aliphatic carbocycles. The zero-order chi connectivity index (χ0) is 19.4. The smallest absolute Gasteiger partial charge is 0.254 e. The average molecular weight is 480 g/mol. The molecule has 0 fully saturated rings. The van der Waals surface area contributed by atoms with Crippen molar-refractivity contribution in [3.63, 3.8) is 0 Å². The van der Waals surface area contributed by atoms with E-state index in [4.69, 9.17) is 4.74 Å². The Morgan fingerprint density at radius 3 is 2.81 bits per heavy atom. The number of ether oxygens (including phenoxy) is 1. The highest BCUT2D eigenvalue weighted by atomic mass is 127. The van der Waals surface area contributed by atoms with Gasteiger partial charge in [0.25, 0.3) is 5.91 Å². The number of aromatic hydroxyl groups is 1. The lowest BCUT2D eigenvalue weighted by molar-refractivity contribution is 0.0850. The molecule has 1 heterocycles. The summed E-state index contributed by atoms with van der Waals surface area (Å²) in [7, 11) is 0. The normalized spacial score (nSPS) is 17.4. The topological polar surface area (TPSA) is 90.8 Å². The molecule has 27 heavy (non-hydrogen) atoms. The van der Waals surface area contributed by atoms with Crippen LogP contribution in [0.15, 0.2) is 42.6 Å². The fourth-order valence-corrected chi connectivity index (χ4v) is 3.31. The Kier molecular flexibility index (Phi) is 6.22. The lowest BCUT2D eigenvalue weighted by Crippen LogP contribution is -2.40. The summed E-state index contributed by atoms with van der Waals surface area (Å²) in [5.74, 6) is 0.270. The molecule has 7 heteroatoms. The average Bonchev–Trinajstić information content (AvgIpc) is 2.63. The maximum absolute atomic E-state index is 12.0. The number of hydrogen-bond donors (Lipinski definition) is 4. The molecule has 0 saturated carbocycles. The number of halogens is 1. The van der Waals surface area contributed by atoms with Gasteiger partial charge in [0.2, 0.25) is 0 Å². The van der Waals surface area contributed by atoms with Gasteiger partial charge >= 0.3 is 0 Å². The number of phenols is 1. The van der Waals surface area contributed by atoms with E-state index in [1.165, 1.54) is 0 Å². The Labute approximate surface area is 171 Å². The van der Waals surface area contributed by atoms with Crippen LogP contribution in [0.25, 0.3) is 5.57 Å². The Bertz CT molecular complexity index is 882. The van der Waals surface area contributed by atoms with Crippen LogP contribution in [0.1, 0.15) is 34.8 Å². The zero-order valence-electron chi connectivity index (χ0n) is 14.8. The van der Waals surface area contributed by atoms with Gasteiger partial charge < -0.3 is 25.6 Å². The number of aliphatic hydroxyl groups excluding tert-OH is 1. The maximum Gasteiger partial charge on any atom is 0.254 e. The van der Waals surface area contributed by atoms with Gasteiger partial charge in [0.1, 0.15) is 0 Å². The van der Waals surface area contributed by atoms with Crippen molar-refractivity contribution in [3.8, 4) is 11.5 Å². The number of aliphatic hydroxyl groups is 1. The van der Waals surface area contributed by atoms with E-state index in [1.807, 2.05) is 25.1 Å². The molecule has 142 valence electrons. The van der Waals surface area contributed by atoms with E-state index in [2.05, 4.69) is 33.2 Å². The SMILES string of the molecule is CCCOc1ccc(CN/C=C2/c3cc(I)ccc3C(=O)NC2O)cc1O. The first-order chi connectivity index (χ1) is 13.0. The number of benzene rings is 2. The Balaban J connectivity index is 1.75. The number of nitrogens with one attached hydrogen (secondary N) is 2. The molecule has 0 radical (unpaired) electrons. The third-order valence-corrected chi connectivity index (χ3v) is 4.82. The fraction of sp³-hybridized carbons (Fsp3) is 0.250. The van der Waals surface area contributed by atoms with E-state index in [-0.39, 0.29) is 11.7 Å². The number of amides is 1. The van der Waals surface area contributed by atoms with Crippen LogP contribution in [-0.4, -0.2) is 29.0 Å². The molecular weight excluding hydrogens is 459 g/mol. The molecule has 6 nitrogen and oxygen atoms in total. The van der Waals surface area contributed by atoms with Gasteiger partial charge in [-0.1, -0.05) is 13.0 Å². The van der Waals surface area contributed by atoms with E-state index < -0.39 is 6.23 Å². The van der Waals surface area contributed by atoms with E-state index in [1.54, 1.807) is 24.4 Å². The molecule has 0 bridgehead atoms. The molecular formula is C20H21IN2O4. The zero-order valence-corrected chi connectivity index (χ0v) is 17.0. The molecule has 0 spiro atoms. The van der Waals surface area contributed by atoms with Crippen molar-refractivity contribution >= 4 is 34.1 Å². The van der Waals surface area contributed by atoms with Gasteiger partial charge in [-0.2, -0.15) is 0 Å². The van der Waals surface area contributed by atoms with Crippen LogP contribution in [0.2, 0.25) is 0 Å². The number of carbonyl (C=O) groups is 1. The summed E-state index contributed by atoms with van der Waals surface area (Å²) < 4.78 is 6.44. The van der Waals surface area contributed by atoms with E-state index in [0.717, 1.165) is 15.6 Å². The molecule has 1 unspecified atom stereocenters. The fourth-order valence-electron chi connectivity index (χ4n) is 2.82. The Hall–Kier alpha value is -2.26. The lowest BCUT2D eigenvalue weighted by Gasteiger charge is -2.25. The van der Waals surface area contributed by atoms with Crippen molar-refractivity contribution in [1.82, 2.24) is 10.6 Å². The predicted molar refractivity (Wildman–Crippen MR) is 111 cm³/mol. The second-order valence-electron chi connectivity index (χ2n) is 6.20. The van der Waals surface area contributed by atoms with Crippen LogP contribution in [0.4, 0.5) is 0 Å². The second-order valence-corrected chi connectivity index (χ2v) is 7.44. The number of fused-ring (bicyclic) bond motifs is 1. The number of phenolic OH excluding ortho intramolecular Hbond substituents is 1. The van der Waals surface area contributed by atoms with Crippen LogP contribution in [-0.2, 0) is 6.54 Å².